The Balaban J connectivity index is 1.54. The summed E-state index contributed by atoms with van der Waals surface area (Å²) in [4.78, 5) is 36.9. The number of hydrogen-bond acceptors (Lipinski definition) is 4. The lowest BCUT2D eigenvalue weighted by Crippen LogP contribution is -2.27. The summed E-state index contributed by atoms with van der Waals surface area (Å²) in [5.74, 6) is -1.32. The zero-order valence-corrected chi connectivity index (χ0v) is 18.6. The van der Waals surface area contributed by atoms with Gasteiger partial charge < -0.3 is 20.1 Å². The molecule has 0 fully saturated rings. The maximum Gasteiger partial charge on any atom is 0.335 e. The lowest BCUT2D eigenvalue weighted by molar-refractivity contribution is -0.118. The molecule has 1 amide bonds. The van der Waals surface area contributed by atoms with Gasteiger partial charge in [0.05, 0.1) is 29.2 Å². The fourth-order valence-corrected chi connectivity index (χ4v) is 3.97. The van der Waals surface area contributed by atoms with Crippen molar-refractivity contribution in [2.75, 3.05) is 0 Å². The summed E-state index contributed by atoms with van der Waals surface area (Å²) in [5, 5.41) is 22.8. The van der Waals surface area contributed by atoms with Crippen molar-refractivity contribution in [3.05, 3.63) is 101 Å². The zero-order valence-electron chi connectivity index (χ0n) is 18.6. The predicted octanol–water partition coefficient (Wildman–Crippen LogP) is 4.35. The Bertz CT molecular complexity index is 1370. The fourth-order valence-electron chi connectivity index (χ4n) is 3.97. The van der Waals surface area contributed by atoms with Crippen molar-refractivity contribution >= 4 is 28.6 Å². The van der Waals surface area contributed by atoms with Crippen molar-refractivity contribution in [1.29, 1.82) is 0 Å². The van der Waals surface area contributed by atoms with Crippen LogP contribution in [0.3, 0.4) is 0 Å². The Kier molecular flexibility index (Phi) is 6.45. The van der Waals surface area contributed by atoms with E-state index in [4.69, 9.17) is 5.11 Å². The highest BCUT2D eigenvalue weighted by molar-refractivity contribution is 6.06. The Morgan fingerprint density at radius 3 is 2.38 bits per heavy atom. The fraction of sp³-hybridized carbons (Fsp3) is 0.148. The Morgan fingerprint density at radius 1 is 0.941 bits per heavy atom. The number of nitrogens with one attached hydrogen (secondary N) is 1. The minimum absolute atomic E-state index is 0.0638. The van der Waals surface area contributed by atoms with Crippen LogP contribution in [0.5, 0.6) is 5.75 Å². The van der Waals surface area contributed by atoms with E-state index in [0.717, 1.165) is 10.9 Å². The van der Waals surface area contributed by atoms with Gasteiger partial charge in [0.15, 0.2) is 5.78 Å². The number of benzene rings is 3. The normalized spacial score (nSPS) is 11.8. The number of amides is 1. The number of hydrogen-bond donors (Lipinski definition) is 3. The van der Waals surface area contributed by atoms with Gasteiger partial charge in [0, 0.05) is 23.6 Å². The number of nitrogens with zero attached hydrogens (tertiary/aromatic N) is 1. The molecule has 3 N–H and O–H groups in total. The first-order valence-corrected chi connectivity index (χ1v) is 10.8. The van der Waals surface area contributed by atoms with E-state index in [1.165, 1.54) is 12.1 Å². The molecule has 0 unspecified atom stereocenters. The molecule has 172 valence electrons. The van der Waals surface area contributed by atoms with Crippen LogP contribution in [0.1, 0.15) is 44.8 Å². The van der Waals surface area contributed by atoms with Gasteiger partial charge in [0.25, 0.3) is 5.91 Å². The lowest BCUT2D eigenvalue weighted by atomic mass is 10.0. The highest BCUT2D eigenvalue weighted by Crippen LogP contribution is 2.23. The number of aromatic nitrogens is 1. The zero-order chi connectivity index (χ0) is 24.2. The van der Waals surface area contributed by atoms with Crippen LogP contribution in [-0.4, -0.2) is 32.4 Å². The number of carbonyl (C=O) groups excluding carboxylic acids is 2. The van der Waals surface area contributed by atoms with E-state index in [2.05, 4.69) is 5.32 Å². The van der Waals surface area contributed by atoms with E-state index in [-0.39, 0.29) is 42.0 Å². The summed E-state index contributed by atoms with van der Waals surface area (Å²) in [5.41, 5.74) is 2.60. The highest BCUT2D eigenvalue weighted by Gasteiger charge is 2.18. The molecule has 0 aliphatic rings. The number of phenolic OH excluding ortho intramolecular Hbond substituents is 1. The van der Waals surface area contributed by atoms with Crippen LogP contribution in [0.25, 0.3) is 10.9 Å². The smallest absolute Gasteiger partial charge is 0.335 e. The summed E-state index contributed by atoms with van der Waals surface area (Å²) < 4.78 is 1.75. The van der Waals surface area contributed by atoms with E-state index in [1.54, 1.807) is 59.3 Å². The quantitative estimate of drug-likeness (QED) is 0.365. The minimum atomic E-state index is -1.01. The average molecular weight is 456 g/mol. The van der Waals surface area contributed by atoms with Gasteiger partial charge >= 0.3 is 5.97 Å². The van der Waals surface area contributed by atoms with Gasteiger partial charge in [0.1, 0.15) is 5.75 Å². The molecule has 0 saturated carbocycles. The summed E-state index contributed by atoms with van der Waals surface area (Å²) in [6, 6.07) is 20.0. The van der Waals surface area contributed by atoms with E-state index >= 15 is 0 Å². The molecular formula is C27H24N2O5. The number of carbonyl (C=O) groups is 3. The predicted molar refractivity (Wildman–Crippen MR) is 128 cm³/mol. The molecule has 4 aromatic rings. The van der Waals surface area contributed by atoms with Crippen LogP contribution in [0.2, 0.25) is 0 Å². The second-order valence-electron chi connectivity index (χ2n) is 8.15. The minimum Gasteiger partial charge on any atom is -0.508 e. The van der Waals surface area contributed by atoms with Crippen molar-refractivity contribution in [3.8, 4) is 5.75 Å². The molecule has 3 aromatic carbocycles. The highest BCUT2D eigenvalue weighted by atomic mass is 16.4. The molecule has 7 nitrogen and oxygen atoms in total. The maximum absolute atomic E-state index is 13.2. The first-order valence-electron chi connectivity index (χ1n) is 10.8. The molecule has 0 aliphatic carbocycles. The second kappa shape index (κ2) is 9.62. The maximum atomic E-state index is 13.2. The molecule has 1 heterocycles. The summed E-state index contributed by atoms with van der Waals surface area (Å²) >= 11 is 0. The molecule has 0 spiro atoms. The number of carboxylic acids is 1. The number of aromatic hydroxyl groups is 1. The van der Waals surface area contributed by atoms with Gasteiger partial charge in [-0.25, -0.2) is 4.79 Å². The van der Waals surface area contributed by atoms with Crippen LogP contribution in [-0.2, 0) is 17.8 Å². The van der Waals surface area contributed by atoms with Gasteiger partial charge in [-0.1, -0.05) is 42.5 Å². The number of phenols is 1. The molecule has 34 heavy (non-hydrogen) atoms. The summed E-state index contributed by atoms with van der Waals surface area (Å²) in [7, 11) is 0. The third-order valence-electron chi connectivity index (χ3n) is 5.76. The number of aromatic carboxylic acids is 1. The molecule has 0 aliphatic heterocycles. The Labute approximate surface area is 196 Å². The number of Topliss-reactive ketones (excluding diaryl/α,β-unsaturated/α-hetero) is 1. The van der Waals surface area contributed by atoms with Crippen LogP contribution >= 0.6 is 0 Å². The third kappa shape index (κ3) is 4.83. The van der Waals surface area contributed by atoms with Gasteiger partial charge in [-0.15, -0.1) is 0 Å². The van der Waals surface area contributed by atoms with Gasteiger partial charge in [-0.05, 0) is 42.8 Å². The summed E-state index contributed by atoms with van der Waals surface area (Å²) in [6.07, 6.45) is 1.86. The van der Waals surface area contributed by atoms with Crippen LogP contribution in [0.15, 0.2) is 79.0 Å². The second-order valence-corrected chi connectivity index (χ2v) is 8.15. The summed E-state index contributed by atoms with van der Waals surface area (Å²) in [6.45, 7) is 1.89. The molecule has 0 radical (unpaired) electrons. The van der Waals surface area contributed by atoms with Crippen molar-refractivity contribution in [1.82, 2.24) is 9.88 Å². The van der Waals surface area contributed by atoms with Gasteiger partial charge in [-0.3, -0.25) is 9.59 Å². The van der Waals surface area contributed by atoms with E-state index < -0.39 is 5.97 Å². The largest absolute Gasteiger partial charge is 0.508 e. The van der Waals surface area contributed by atoms with Crippen LogP contribution < -0.4 is 5.32 Å². The molecule has 0 saturated heterocycles. The monoisotopic (exact) mass is 456 g/mol. The number of fused-ring (bicyclic) bond motifs is 1. The number of ketones is 1. The molecule has 4 rings (SSSR count). The SMILES string of the molecule is C[C@H](NC(=O)c1cccc2ccn(CC(=O)Cc3ccccc3O)c12)c1ccc(C(=O)O)cc1. The topological polar surface area (TPSA) is 109 Å². The Hall–Kier alpha value is -4.39. The van der Waals surface area contributed by atoms with E-state index in [1.807, 2.05) is 19.1 Å². The van der Waals surface area contributed by atoms with Crippen molar-refractivity contribution in [2.24, 2.45) is 0 Å². The number of para-hydroxylation sites is 2. The number of carboxylic acid groups (broad SMARTS) is 1. The Morgan fingerprint density at radius 2 is 1.68 bits per heavy atom. The van der Waals surface area contributed by atoms with E-state index in [9.17, 15) is 19.5 Å². The van der Waals surface area contributed by atoms with Crippen molar-refractivity contribution in [2.45, 2.75) is 25.9 Å². The first kappa shape index (κ1) is 22.8. The van der Waals surface area contributed by atoms with Gasteiger partial charge in [-0.2, -0.15) is 0 Å². The molecule has 1 atom stereocenters. The van der Waals surface area contributed by atoms with Crippen LogP contribution in [0, 0.1) is 0 Å². The molecular weight excluding hydrogens is 432 g/mol. The van der Waals surface area contributed by atoms with Gasteiger partial charge in [0.2, 0.25) is 0 Å². The van der Waals surface area contributed by atoms with Crippen molar-refractivity contribution in [3.63, 3.8) is 0 Å². The third-order valence-corrected chi connectivity index (χ3v) is 5.76. The first-order chi connectivity index (χ1) is 16.3. The van der Waals surface area contributed by atoms with Crippen molar-refractivity contribution < 1.29 is 24.6 Å². The number of rotatable bonds is 8. The van der Waals surface area contributed by atoms with Crippen LogP contribution in [0.4, 0.5) is 0 Å². The standard InChI is InChI=1S/C27H24N2O5/c1-17(18-9-11-20(12-10-18)27(33)34)28-26(32)23-7-4-6-19-13-14-29(25(19)23)16-22(30)15-21-5-2-3-8-24(21)31/h2-14,17,31H,15-16H2,1H3,(H,28,32)(H,33,34)/t17-/m0/s1. The average Bonchev–Trinajstić information content (AvgIpc) is 3.23. The lowest BCUT2D eigenvalue weighted by Gasteiger charge is -2.16. The van der Waals surface area contributed by atoms with E-state index in [0.29, 0.717) is 16.6 Å². The molecule has 1 aromatic heterocycles. The molecule has 0 bridgehead atoms. The molecule has 7 heteroatoms.